The van der Waals surface area contributed by atoms with Crippen molar-refractivity contribution >= 4 is 46.8 Å². The van der Waals surface area contributed by atoms with Crippen molar-refractivity contribution < 1.29 is 9.59 Å². The Balaban J connectivity index is 1.99. The van der Waals surface area contributed by atoms with E-state index in [0.29, 0.717) is 23.0 Å². The summed E-state index contributed by atoms with van der Waals surface area (Å²) in [4.78, 5) is 28.3. The average molecular weight is 467 g/mol. The molecule has 1 atom stereocenters. The molecule has 0 heterocycles. The van der Waals surface area contributed by atoms with E-state index in [1.165, 1.54) is 0 Å². The minimum atomic E-state index is -0.567. The SMILES string of the molecule is CC(C)NC(=O)[C@@H](C)N(Cc1cccc(Cl)c1)C(=O)CCCSc1ccc(Cl)cc1. The third-order valence-electron chi connectivity index (χ3n) is 4.46. The quantitative estimate of drug-likeness (QED) is 0.355. The van der Waals surface area contributed by atoms with Crippen LogP contribution in [0.2, 0.25) is 10.0 Å². The van der Waals surface area contributed by atoms with Crippen LogP contribution < -0.4 is 5.32 Å². The maximum atomic E-state index is 13.0. The number of carbonyl (C=O) groups is 2. The molecule has 7 heteroatoms. The van der Waals surface area contributed by atoms with Crippen LogP contribution in [0.15, 0.2) is 53.4 Å². The van der Waals surface area contributed by atoms with Gasteiger partial charge in [-0.15, -0.1) is 11.8 Å². The van der Waals surface area contributed by atoms with Crippen LogP contribution in [0.25, 0.3) is 0 Å². The van der Waals surface area contributed by atoms with Crippen molar-refractivity contribution in [1.29, 1.82) is 0 Å². The Labute approximate surface area is 193 Å². The van der Waals surface area contributed by atoms with Crippen LogP contribution in [0, 0.1) is 0 Å². The van der Waals surface area contributed by atoms with Gasteiger partial charge in [-0.2, -0.15) is 0 Å². The number of halogens is 2. The number of benzene rings is 2. The molecule has 0 fully saturated rings. The second-order valence-electron chi connectivity index (χ2n) is 7.40. The van der Waals surface area contributed by atoms with Crippen LogP contribution >= 0.6 is 35.0 Å². The number of rotatable bonds is 10. The minimum absolute atomic E-state index is 0.0128. The molecule has 0 saturated heterocycles. The lowest BCUT2D eigenvalue weighted by molar-refractivity contribution is -0.140. The summed E-state index contributed by atoms with van der Waals surface area (Å²) in [5.41, 5.74) is 0.899. The van der Waals surface area contributed by atoms with Crippen LogP contribution in [-0.4, -0.2) is 34.6 Å². The van der Waals surface area contributed by atoms with E-state index >= 15 is 0 Å². The number of amides is 2. The molecule has 0 aliphatic heterocycles. The highest BCUT2D eigenvalue weighted by atomic mass is 35.5. The maximum Gasteiger partial charge on any atom is 0.242 e. The van der Waals surface area contributed by atoms with Crippen molar-refractivity contribution in [2.75, 3.05) is 5.75 Å². The predicted molar refractivity (Wildman–Crippen MR) is 126 cm³/mol. The van der Waals surface area contributed by atoms with Crippen molar-refractivity contribution in [2.45, 2.75) is 57.1 Å². The number of thioether (sulfide) groups is 1. The molecule has 1 N–H and O–H groups in total. The van der Waals surface area contributed by atoms with Crippen molar-refractivity contribution in [3.8, 4) is 0 Å². The second kappa shape index (κ2) is 12.2. The molecule has 162 valence electrons. The fourth-order valence-corrected chi connectivity index (χ4v) is 4.10. The Kier molecular flexibility index (Phi) is 10.0. The smallest absolute Gasteiger partial charge is 0.242 e. The van der Waals surface area contributed by atoms with Crippen LogP contribution in [0.1, 0.15) is 39.2 Å². The van der Waals surface area contributed by atoms with E-state index in [2.05, 4.69) is 5.32 Å². The molecule has 0 aromatic heterocycles. The summed E-state index contributed by atoms with van der Waals surface area (Å²) in [5, 5.41) is 4.21. The Hall–Kier alpha value is -1.69. The highest BCUT2D eigenvalue weighted by Gasteiger charge is 2.26. The molecule has 0 radical (unpaired) electrons. The first-order valence-electron chi connectivity index (χ1n) is 9.99. The summed E-state index contributed by atoms with van der Waals surface area (Å²) in [5.74, 6) is 0.610. The maximum absolute atomic E-state index is 13.0. The fourth-order valence-electron chi connectivity index (χ4n) is 2.91. The molecule has 2 aromatic carbocycles. The van der Waals surface area contributed by atoms with Gasteiger partial charge in [0, 0.05) is 33.9 Å². The average Bonchev–Trinajstić information content (AvgIpc) is 2.69. The number of nitrogens with zero attached hydrogens (tertiary/aromatic N) is 1. The molecule has 0 bridgehead atoms. The monoisotopic (exact) mass is 466 g/mol. The molecule has 30 heavy (non-hydrogen) atoms. The van der Waals surface area contributed by atoms with Gasteiger partial charge in [0.25, 0.3) is 0 Å². The van der Waals surface area contributed by atoms with Crippen LogP contribution in [0.3, 0.4) is 0 Å². The van der Waals surface area contributed by atoms with Gasteiger partial charge in [-0.05, 0) is 74.9 Å². The van der Waals surface area contributed by atoms with Gasteiger partial charge in [0.1, 0.15) is 6.04 Å². The minimum Gasteiger partial charge on any atom is -0.352 e. The summed E-state index contributed by atoms with van der Waals surface area (Å²) in [7, 11) is 0. The number of carbonyl (C=O) groups excluding carboxylic acids is 2. The summed E-state index contributed by atoms with van der Waals surface area (Å²) in [6.45, 7) is 5.92. The van der Waals surface area contributed by atoms with E-state index in [-0.39, 0.29) is 17.9 Å². The van der Waals surface area contributed by atoms with E-state index in [9.17, 15) is 9.59 Å². The van der Waals surface area contributed by atoms with E-state index < -0.39 is 6.04 Å². The summed E-state index contributed by atoms with van der Waals surface area (Å²) in [6, 6.07) is 14.5. The van der Waals surface area contributed by atoms with Gasteiger partial charge >= 0.3 is 0 Å². The highest BCUT2D eigenvalue weighted by molar-refractivity contribution is 7.99. The zero-order valence-corrected chi connectivity index (χ0v) is 19.9. The van der Waals surface area contributed by atoms with Crippen molar-refractivity contribution in [2.24, 2.45) is 0 Å². The lowest BCUT2D eigenvalue weighted by Gasteiger charge is -2.29. The predicted octanol–water partition coefficient (Wildman–Crippen LogP) is 5.81. The number of hydrogen-bond donors (Lipinski definition) is 1. The zero-order valence-electron chi connectivity index (χ0n) is 17.5. The zero-order chi connectivity index (χ0) is 22.1. The molecule has 2 aromatic rings. The Morgan fingerprint density at radius 2 is 1.73 bits per heavy atom. The second-order valence-corrected chi connectivity index (χ2v) is 9.44. The Morgan fingerprint density at radius 3 is 2.37 bits per heavy atom. The molecular weight excluding hydrogens is 439 g/mol. The molecule has 0 aliphatic rings. The van der Waals surface area contributed by atoms with Gasteiger partial charge in [-0.3, -0.25) is 9.59 Å². The van der Waals surface area contributed by atoms with Crippen LogP contribution in [-0.2, 0) is 16.1 Å². The van der Waals surface area contributed by atoms with Gasteiger partial charge in [0.15, 0.2) is 0 Å². The largest absolute Gasteiger partial charge is 0.352 e. The van der Waals surface area contributed by atoms with E-state index in [1.54, 1.807) is 29.7 Å². The molecule has 0 unspecified atom stereocenters. The van der Waals surface area contributed by atoms with Crippen molar-refractivity contribution in [3.63, 3.8) is 0 Å². The van der Waals surface area contributed by atoms with Crippen LogP contribution in [0.5, 0.6) is 0 Å². The first kappa shape index (κ1) is 24.6. The van der Waals surface area contributed by atoms with E-state index in [0.717, 1.165) is 22.6 Å². The third-order valence-corrected chi connectivity index (χ3v) is 6.04. The Bertz CT molecular complexity index is 843. The van der Waals surface area contributed by atoms with Gasteiger partial charge < -0.3 is 10.2 Å². The normalized spacial score (nSPS) is 11.9. The first-order chi connectivity index (χ1) is 14.3. The van der Waals surface area contributed by atoms with Crippen LogP contribution in [0.4, 0.5) is 0 Å². The first-order valence-corrected chi connectivity index (χ1v) is 11.7. The van der Waals surface area contributed by atoms with Crippen molar-refractivity contribution in [1.82, 2.24) is 10.2 Å². The van der Waals surface area contributed by atoms with Gasteiger partial charge in [-0.25, -0.2) is 0 Å². The highest BCUT2D eigenvalue weighted by Crippen LogP contribution is 2.22. The fraction of sp³-hybridized carbons (Fsp3) is 0.391. The Morgan fingerprint density at radius 1 is 1.03 bits per heavy atom. The molecular formula is C23H28Cl2N2O2S. The standard InChI is InChI=1S/C23H28Cl2N2O2S/c1-16(2)26-23(29)17(3)27(15-18-6-4-7-20(25)14-18)22(28)8-5-13-30-21-11-9-19(24)10-12-21/h4,6-7,9-12,14,16-17H,5,8,13,15H2,1-3H3,(H,26,29)/t17-/m1/s1. The molecule has 2 amide bonds. The topological polar surface area (TPSA) is 49.4 Å². The number of nitrogens with one attached hydrogen (secondary N) is 1. The lowest BCUT2D eigenvalue weighted by atomic mass is 10.1. The summed E-state index contributed by atoms with van der Waals surface area (Å²) >= 11 is 13.7. The van der Waals surface area contributed by atoms with Gasteiger partial charge in [0.2, 0.25) is 11.8 Å². The molecule has 2 rings (SSSR count). The molecule has 0 saturated carbocycles. The molecule has 0 spiro atoms. The number of hydrogen-bond acceptors (Lipinski definition) is 3. The molecule has 4 nitrogen and oxygen atoms in total. The van der Waals surface area contributed by atoms with E-state index in [4.69, 9.17) is 23.2 Å². The third kappa shape index (κ3) is 8.21. The van der Waals surface area contributed by atoms with E-state index in [1.807, 2.05) is 56.3 Å². The molecule has 0 aliphatic carbocycles. The van der Waals surface area contributed by atoms with Crippen molar-refractivity contribution in [3.05, 3.63) is 64.1 Å². The summed E-state index contributed by atoms with van der Waals surface area (Å²) < 4.78 is 0. The lowest BCUT2D eigenvalue weighted by Crippen LogP contribution is -2.49. The van der Waals surface area contributed by atoms with Gasteiger partial charge in [0.05, 0.1) is 0 Å². The summed E-state index contributed by atoms with van der Waals surface area (Å²) in [6.07, 6.45) is 1.09. The van der Waals surface area contributed by atoms with Gasteiger partial charge in [-0.1, -0.05) is 35.3 Å².